The molecule has 1 unspecified atom stereocenters. The number of rotatable bonds is 6. The third-order valence-electron chi connectivity index (χ3n) is 5.23. The van der Waals surface area contributed by atoms with Gasteiger partial charge in [0.25, 0.3) is 5.91 Å². The summed E-state index contributed by atoms with van der Waals surface area (Å²) in [6, 6.07) is 3.21. The Balaban J connectivity index is 1.55. The summed E-state index contributed by atoms with van der Waals surface area (Å²) >= 11 is 0. The van der Waals surface area contributed by atoms with E-state index in [-0.39, 0.29) is 24.2 Å². The largest absolute Gasteiger partial charge is 0.491 e. The molecule has 2 aliphatic rings. The van der Waals surface area contributed by atoms with Crippen molar-refractivity contribution in [2.24, 2.45) is 5.92 Å². The van der Waals surface area contributed by atoms with Crippen molar-refractivity contribution in [2.75, 3.05) is 6.61 Å². The highest BCUT2D eigenvalue weighted by atomic mass is 16.5. The summed E-state index contributed by atoms with van der Waals surface area (Å²) in [5.74, 6) is 0.114. The van der Waals surface area contributed by atoms with Crippen molar-refractivity contribution in [3.8, 4) is 5.75 Å². The van der Waals surface area contributed by atoms with Crippen molar-refractivity contribution >= 4 is 11.9 Å². The number of pyridine rings is 2. The van der Waals surface area contributed by atoms with E-state index in [1.165, 1.54) is 19.0 Å². The molecule has 1 aliphatic carbocycles. The predicted octanol–water partition coefficient (Wildman–Crippen LogP) is 2.99. The number of aromatic nitrogens is 2. The normalized spacial score (nSPS) is 17.0. The lowest BCUT2D eigenvalue weighted by molar-refractivity contribution is 0.0677. The van der Waals surface area contributed by atoms with Gasteiger partial charge >= 0.3 is 5.97 Å². The van der Waals surface area contributed by atoms with Gasteiger partial charge < -0.3 is 14.7 Å². The van der Waals surface area contributed by atoms with Crippen LogP contribution in [0.15, 0.2) is 24.5 Å². The van der Waals surface area contributed by atoms with E-state index >= 15 is 0 Å². The molecule has 1 atom stereocenters. The quantitative estimate of drug-likeness (QED) is 0.844. The van der Waals surface area contributed by atoms with Gasteiger partial charge in [0, 0.05) is 23.9 Å². The molecule has 2 aromatic heterocycles. The second-order valence-corrected chi connectivity index (χ2v) is 7.23. The van der Waals surface area contributed by atoms with Gasteiger partial charge in [0.2, 0.25) is 0 Å². The summed E-state index contributed by atoms with van der Waals surface area (Å²) in [4.78, 5) is 34.2. The maximum Gasteiger partial charge on any atom is 0.354 e. The van der Waals surface area contributed by atoms with Crippen LogP contribution in [0.1, 0.15) is 63.5 Å². The Bertz CT molecular complexity index is 923. The lowest BCUT2D eigenvalue weighted by atomic mass is 10.1. The van der Waals surface area contributed by atoms with Crippen LogP contribution < -0.4 is 4.74 Å². The van der Waals surface area contributed by atoms with Crippen molar-refractivity contribution in [1.82, 2.24) is 14.9 Å². The predicted molar refractivity (Wildman–Crippen MR) is 96.7 cm³/mol. The molecule has 27 heavy (non-hydrogen) atoms. The van der Waals surface area contributed by atoms with Crippen molar-refractivity contribution < 1.29 is 19.4 Å². The zero-order valence-electron chi connectivity index (χ0n) is 15.3. The number of aromatic carboxylic acids is 1. The number of hydrogen-bond acceptors (Lipinski definition) is 5. The fourth-order valence-corrected chi connectivity index (χ4v) is 3.34. The van der Waals surface area contributed by atoms with Gasteiger partial charge in [-0.05, 0) is 50.3 Å². The van der Waals surface area contributed by atoms with Crippen molar-refractivity contribution in [3.63, 3.8) is 0 Å². The molecular formula is C20H21N3O4. The van der Waals surface area contributed by atoms with E-state index in [1.807, 2.05) is 19.9 Å². The first-order chi connectivity index (χ1) is 13.0. The second kappa shape index (κ2) is 6.64. The Morgan fingerprint density at radius 2 is 2.19 bits per heavy atom. The molecule has 140 valence electrons. The molecule has 0 radical (unpaired) electrons. The highest BCUT2D eigenvalue weighted by molar-refractivity contribution is 6.01. The number of amides is 1. The van der Waals surface area contributed by atoms with Gasteiger partial charge in [-0.25, -0.2) is 9.78 Å². The minimum atomic E-state index is -1.12. The van der Waals surface area contributed by atoms with Crippen molar-refractivity contribution in [3.05, 3.63) is 52.6 Å². The summed E-state index contributed by atoms with van der Waals surface area (Å²) in [6.07, 6.45) is 5.53. The molecule has 2 aromatic rings. The van der Waals surface area contributed by atoms with Gasteiger partial charge in [0.05, 0.1) is 24.5 Å². The Labute approximate surface area is 157 Å². The van der Waals surface area contributed by atoms with Crippen LogP contribution in [0.5, 0.6) is 5.75 Å². The SMILES string of the molecule is Cc1cc(C(C)N2Cc3c(ccnc3C(=O)O)C2=O)ncc1OCC1CC1. The summed E-state index contributed by atoms with van der Waals surface area (Å²) in [5, 5.41) is 9.32. The number of aryl methyl sites for hydroxylation is 1. The number of carboxylic acid groups (broad SMARTS) is 1. The Hall–Kier alpha value is -2.96. The lowest BCUT2D eigenvalue weighted by Crippen LogP contribution is -2.28. The van der Waals surface area contributed by atoms with E-state index < -0.39 is 5.97 Å². The maximum absolute atomic E-state index is 12.8. The standard InChI is InChI=1S/C20H21N3O4/c1-11-7-16(22-8-17(11)27-10-13-3-4-13)12(2)23-9-15-14(19(23)24)5-6-21-18(15)20(25)26/h5-8,12-13H,3-4,9-10H2,1-2H3,(H,25,26). The molecule has 1 aliphatic heterocycles. The molecule has 1 N–H and O–H groups in total. The van der Waals surface area contributed by atoms with Gasteiger partial charge in [-0.1, -0.05) is 0 Å². The average Bonchev–Trinajstić information content (AvgIpc) is 3.42. The van der Waals surface area contributed by atoms with Crippen LogP contribution in [0.4, 0.5) is 0 Å². The van der Waals surface area contributed by atoms with Crippen LogP contribution in [-0.4, -0.2) is 38.5 Å². The van der Waals surface area contributed by atoms with E-state index in [4.69, 9.17) is 4.74 Å². The molecule has 0 aromatic carbocycles. The summed E-state index contributed by atoms with van der Waals surface area (Å²) in [5.41, 5.74) is 2.52. The van der Waals surface area contributed by atoms with E-state index in [0.29, 0.717) is 17.0 Å². The minimum absolute atomic E-state index is 0.0662. The van der Waals surface area contributed by atoms with Crippen LogP contribution in [0.3, 0.4) is 0 Å². The van der Waals surface area contributed by atoms with Crippen LogP contribution >= 0.6 is 0 Å². The summed E-state index contributed by atoms with van der Waals surface area (Å²) in [6.45, 7) is 4.80. The van der Waals surface area contributed by atoms with E-state index in [2.05, 4.69) is 9.97 Å². The topological polar surface area (TPSA) is 92.6 Å². The first-order valence-electron chi connectivity index (χ1n) is 9.07. The lowest BCUT2D eigenvalue weighted by Gasteiger charge is -2.24. The van der Waals surface area contributed by atoms with Crippen LogP contribution in [0.2, 0.25) is 0 Å². The van der Waals surface area contributed by atoms with Gasteiger partial charge in [-0.3, -0.25) is 9.78 Å². The molecule has 3 heterocycles. The summed E-state index contributed by atoms with van der Waals surface area (Å²) in [7, 11) is 0. The number of nitrogens with zero attached hydrogens (tertiary/aromatic N) is 3. The first-order valence-corrected chi connectivity index (χ1v) is 9.07. The van der Waals surface area contributed by atoms with Gasteiger partial charge in [-0.2, -0.15) is 0 Å². The molecule has 7 nitrogen and oxygen atoms in total. The Kier molecular flexibility index (Phi) is 4.30. The van der Waals surface area contributed by atoms with E-state index in [9.17, 15) is 14.7 Å². The monoisotopic (exact) mass is 367 g/mol. The third-order valence-corrected chi connectivity index (χ3v) is 5.23. The highest BCUT2D eigenvalue weighted by Gasteiger charge is 2.35. The molecule has 0 bridgehead atoms. The van der Waals surface area contributed by atoms with Gasteiger partial charge in [0.1, 0.15) is 5.75 Å². The zero-order valence-corrected chi connectivity index (χ0v) is 15.3. The first kappa shape index (κ1) is 17.5. The zero-order chi connectivity index (χ0) is 19.1. The van der Waals surface area contributed by atoms with Crippen LogP contribution in [0, 0.1) is 12.8 Å². The molecule has 7 heteroatoms. The molecule has 0 saturated heterocycles. The van der Waals surface area contributed by atoms with Gasteiger partial charge in [0.15, 0.2) is 5.69 Å². The maximum atomic E-state index is 12.8. The molecule has 0 spiro atoms. The number of carboxylic acids is 1. The smallest absolute Gasteiger partial charge is 0.354 e. The van der Waals surface area contributed by atoms with E-state index in [0.717, 1.165) is 23.6 Å². The molecule has 1 saturated carbocycles. The van der Waals surface area contributed by atoms with Gasteiger partial charge in [-0.15, -0.1) is 0 Å². The second-order valence-electron chi connectivity index (χ2n) is 7.23. The van der Waals surface area contributed by atoms with Crippen molar-refractivity contribution in [1.29, 1.82) is 0 Å². The Morgan fingerprint density at radius 1 is 1.41 bits per heavy atom. The fraction of sp³-hybridized carbons (Fsp3) is 0.400. The highest BCUT2D eigenvalue weighted by Crippen LogP contribution is 2.33. The van der Waals surface area contributed by atoms with Crippen LogP contribution in [-0.2, 0) is 6.54 Å². The fourth-order valence-electron chi connectivity index (χ4n) is 3.34. The number of hydrogen-bond donors (Lipinski definition) is 1. The number of carbonyl (C=O) groups is 2. The minimum Gasteiger partial charge on any atom is -0.491 e. The molecule has 1 amide bonds. The molecular weight excluding hydrogens is 346 g/mol. The molecule has 4 rings (SSSR count). The molecule has 1 fully saturated rings. The van der Waals surface area contributed by atoms with Crippen molar-refractivity contribution in [2.45, 2.75) is 39.3 Å². The Morgan fingerprint density at radius 3 is 2.85 bits per heavy atom. The summed E-state index contributed by atoms with van der Waals surface area (Å²) < 4.78 is 5.82. The number of ether oxygens (including phenoxy) is 1. The third kappa shape index (κ3) is 3.25. The average molecular weight is 367 g/mol. The number of fused-ring (bicyclic) bond motifs is 1. The number of carbonyl (C=O) groups excluding carboxylic acids is 1. The van der Waals surface area contributed by atoms with E-state index in [1.54, 1.807) is 17.2 Å². The van der Waals surface area contributed by atoms with Crippen LogP contribution in [0.25, 0.3) is 0 Å².